The molecule has 1 aliphatic rings. The van der Waals surface area contributed by atoms with E-state index in [1.54, 1.807) is 11.3 Å². The van der Waals surface area contributed by atoms with Gasteiger partial charge in [0.1, 0.15) is 0 Å². The molecule has 1 saturated heterocycles. The van der Waals surface area contributed by atoms with E-state index in [2.05, 4.69) is 22.1 Å². The first-order chi connectivity index (χ1) is 5.47. The van der Waals surface area contributed by atoms with Crippen LogP contribution in [-0.4, -0.2) is 18.1 Å². The second-order valence-corrected chi connectivity index (χ2v) is 4.57. The largest absolute Gasteiger partial charge is 0.308 e. The summed E-state index contributed by atoms with van der Waals surface area (Å²) in [5.41, 5.74) is 1.46. The van der Waals surface area contributed by atoms with Gasteiger partial charge in [-0.2, -0.15) is 23.1 Å². The minimum Gasteiger partial charge on any atom is -0.308 e. The van der Waals surface area contributed by atoms with Gasteiger partial charge in [0.25, 0.3) is 0 Å². The lowest BCUT2D eigenvalue weighted by Gasteiger charge is -2.22. The van der Waals surface area contributed by atoms with Gasteiger partial charge in [0.15, 0.2) is 0 Å². The Hall–Kier alpha value is 0.01000. The summed E-state index contributed by atoms with van der Waals surface area (Å²) in [6.45, 7) is 1.16. The molecule has 1 aliphatic heterocycles. The van der Waals surface area contributed by atoms with E-state index in [4.69, 9.17) is 0 Å². The van der Waals surface area contributed by atoms with Crippen LogP contribution in [0.1, 0.15) is 11.6 Å². The van der Waals surface area contributed by atoms with E-state index in [0.29, 0.717) is 6.04 Å². The zero-order chi connectivity index (χ0) is 7.52. The second kappa shape index (κ2) is 3.61. The topological polar surface area (TPSA) is 12.0 Å². The summed E-state index contributed by atoms with van der Waals surface area (Å²) < 4.78 is 0. The highest BCUT2D eigenvalue weighted by molar-refractivity contribution is 7.99. The van der Waals surface area contributed by atoms with E-state index in [9.17, 15) is 0 Å². The van der Waals surface area contributed by atoms with Gasteiger partial charge in [-0.3, -0.25) is 0 Å². The van der Waals surface area contributed by atoms with Crippen LogP contribution in [0, 0.1) is 0 Å². The van der Waals surface area contributed by atoms with Crippen LogP contribution in [0.2, 0.25) is 0 Å². The van der Waals surface area contributed by atoms with Crippen LogP contribution in [0.3, 0.4) is 0 Å². The van der Waals surface area contributed by atoms with Crippen LogP contribution in [0.4, 0.5) is 0 Å². The minimum absolute atomic E-state index is 0.611. The average molecular weight is 185 g/mol. The first-order valence-corrected chi connectivity index (χ1v) is 5.90. The SMILES string of the molecule is c1cc([C@@H]2CSCCN2)cs1. The van der Waals surface area contributed by atoms with Crippen LogP contribution >= 0.6 is 23.1 Å². The van der Waals surface area contributed by atoms with Crippen molar-refractivity contribution in [2.75, 3.05) is 18.1 Å². The molecule has 1 nitrogen and oxygen atoms in total. The zero-order valence-electron chi connectivity index (χ0n) is 6.25. The first kappa shape index (κ1) is 7.65. The van der Waals surface area contributed by atoms with Crippen molar-refractivity contribution in [1.82, 2.24) is 5.32 Å². The second-order valence-electron chi connectivity index (χ2n) is 2.64. The van der Waals surface area contributed by atoms with Gasteiger partial charge in [0.05, 0.1) is 0 Å². The van der Waals surface area contributed by atoms with Gasteiger partial charge in [0, 0.05) is 24.1 Å². The summed E-state index contributed by atoms with van der Waals surface area (Å²) in [6, 6.07) is 2.83. The molecule has 0 amide bonds. The number of thioether (sulfide) groups is 1. The minimum atomic E-state index is 0.611. The molecule has 0 aliphatic carbocycles. The predicted molar refractivity (Wildman–Crippen MR) is 52.4 cm³/mol. The van der Waals surface area contributed by atoms with E-state index in [1.165, 1.54) is 17.1 Å². The van der Waals surface area contributed by atoms with E-state index < -0.39 is 0 Å². The molecule has 1 N–H and O–H groups in total. The fraction of sp³-hybridized carbons (Fsp3) is 0.500. The van der Waals surface area contributed by atoms with E-state index in [-0.39, 0.29) is 0 Å². The third kappa shape index (κ3) is 1.78. The molecule has 1 aromatic rings. The fourth-order valence-electron chi connectivity index (χ4n) is 1.25. The summed E-state index contributed by atoms with van der Waals surface area (Å²) in [4.78, 5) is 0. The highest BCUT2D eigenvalue weighted by Gasteiger charge is 2.14. The third-order valence-electron chi connectivity index (χ3n) is 1.87. The van der Waals surface area contributed by atoms with E-state index in [1.807, 2.05) is 11.8 Å². The summed E-state index contributed by atoms with van der Waals surface area (Å²) in [7, 11) is 0. The molecule has 3 heteroatoms. The van der Waals surface area contributed by atoms with Crippen molar-refractivity contribution in [3.8, 4) is 0 Å². The maximum atomic E-state index is 3.51. The molecule has 0 spiro atoms. The maximum absolute atomic E-state index is 3.51. The molecule has 1 aromatic heterocycles. The molecule has 0 unspecified atom stereocenters. The fourth-order valence-corrected chi connectivity index (χ4v) is 2.94. The van der Waals surface area contributed by atoms with Crippen molar-refractivity contribution in [1.29, 1.82) is 0 Å². The molecular formula is C8H11NS2. The van der Waals surface area contributed by atoms with Gasteiger partial charge in [0.2, 0.25) is 0 Å². The van der Waals surface area contributed by atoms with Crippen molar-refractivity contribution < 1.29 is 0 Å². The van der Waals surface area contributed by atoms with Gasteiger partial charge >= 0.3 is 0 Å². The van der Waals surface area contributed by atoms with Crippen LogP contribution < -0.4 is 5.32 Å². The maximum Gasteiger partial charge on any atom is 0.0420 e. The van der Waals surface area contributed by atoms with Crippen molar-refractivity contribution in [2.45, 2.75) is 6.04 Å². The van der Waals surface area contributed by atoms with Gasteiger partial charge in [-0.05, 0) is 22.4 Å². The number of nitrogens with one attached hydrogen (secondary N) is 1. The van der Waals surface area contributed by atoms with Gasteiger partial charge in [-0.1, -0.05) is 0 Å². The smallest absolute Gasteiger partial charge is 0.0420 e. The Morgan fingerprint density at radius 1 is 1.55 bits per heavy atom. The standard InChI is InChI=1S/C8H11NS2/c1-3-10-5-7(1)8-6-11-4-2-9-8/h1,3,5,8-9H,2,4,6H2/t8-/m0/s1. The molecule has 1 fully saturated rings. The summed E-state index contributed by atoms with van der Waals surface area (Å²) >= 11 is 3.83. The van der Waals surface area contributed by atoms with Crippen LogP contribution in [0.25, 0.3) is 0 Å². The monoisotopic (exact) mass is 185 g/mol. The Balaban J connectivity index is 2.04. The van der Waals surface area contributed by atoms with Crippen LogP contribution in [-0.2, 0) is 0 Å². The highest BCUT2D eigenvalue weighted by atomic mass is 32.2. The lowest BCUT2D eigenvalue weighted by atomic mass is 10.2. The first-order valence-electron chi connectivity index (χ1n) is 3.80. The summed E-state index contributed by atoms with van der Waals surface area (Å²) in [5.74, 6) is 2.50. The van der Waals surface area contributed by atoms with Gasteiger partial charge in [-0.25, -0.2) is 0 Å². The quantitative estimate of drug-likeness (QED) is 0.719. The Morgan fingerprint density at radius 2 is 2.55 bits per heavy atom. The third-order valence-corrected chi connectivity index (χ3v) is 3.63. The van der Waals surface area contributed by atoms with Crippen LogP contribution in [0.15, 0.2) is 16.8 Å². The van der Waals surface area contributed by atoms with Gasteiger partial charge < -0.3 is 5.32 Å². The molecule has 2 rings (SSSR count). The molecule has 0 saturated carbocycles. The average Bonchev–Trinajstić information content (AvgIpc) is 2.58. The normalized spacial score (nSPS) is 25.3. The lowest BCUT2D eigenvalue weighted by Crippen LogP contribution is -2.29. The number of hydrogen-bond acceptors (Lipinski definition) is 3. The van der Waals surface area contributed by atoms with Crippen molar-refractivity contribution in [3.63, 3.8) is 0 Å². The number of hydrogen-bond donors (Lipinski definition) is 1. The Morgan fingerprint density at radius 3 is 3.18 bits per heavy atom. The number of thiophene rings is 1. The lowest BCUT2D eigenvalue weighted by molar-refractivity contribution is 0.597. The van der Waals surface area contributed by atoms with Crippen molar-refractivity contribution in [2.24, 2.45) is 0 Å². The Bertz CT molecular complexity index is 202. The molecule has 11 heavy (non-hydrogen) atoms. The van der Waals surface area contributed by atoms with Crippen molar-refractivity contribution in [3.05, 3.63) is 22.4 Å². The Kier molecular flexibility index (Phi) is 2.51. The molecule has 0 aromatic carbocycles. The summed E-state index contributed by atoms with van der Waals surface area (Å²) in [6.07, 6.45) is 0. The highest BCUT2D eigenvalue weighted by Crippen LogP contribution is 2.23. The molecule has 60 valence electrons. The molecular weight excluding hydrogens is 174 g/mol. The summed E-state index contributed by atoms with van der Waals surface area (Å²) in [5, 5.41) is 7.90. The number of rotatable bonds is 1. The molecule has 1 atom stereocenters. The van der Waals surface area contributed by atoms with Gasteiger partial charge in [-0.15, -0.1) is 0 Å². The zero-order valence-corrected chi connectivity index (χ0v) is 7.88. The Labute approximate surface area is 75.2 Å². The van der Waals surface area contributed by atoms with E-state index in [0.717, 1.165) is 6.54 Å². The van der Waals surface area contributed by atoms with Crippen LogP contribution in [0.5, 0.6) is 0 Å². The van der Waals surface area contributed by atoms with Crippen molar-refractivity contribution >= 4 is 23.1 Å². The predicted octanol–water partition coefficient (Wildman–Crippen LogP) is 2.13. The van der Waals surface area contributed by atoms with E-state index >= 15 is 0 Å². The molecule has 0 radical (unpaired) electrons. The molecule has 2 heterocycles. The molecule has 0 bridgehead atoms.